The maximum absolute atomic E-state index is 12.8. The predicted molar refractivity (Wildman–Crippen MR) is 114 cm³/mol. The Morgan fingerprint density at radius 1 is 1.16 bits per heavy atom. The van der Waals surface area contributed by atoms with E-state index in [-0.39, 0.29) is 5.91 Å². The summed E-state index contributed by atoms with van der Waals surface area (Å²) in [4.78, 5) is 21.6. The molecule has 1 aliphatic heterocycles. The first-order chi connectivity index (χ1) is 15.2. The fraction of sp³-hybridized carbons (Fsp3) is 0.333. The summed E-state index contributed by atoms with van der Waals surface area (Å²) in [6, 6.07) is 9.50. The smallest absolute Gasteiger partial charge is 0.275 e. The van der Waals surface area contributed by atoms with E-state index in [1.165, 1.54) is 12.8 Å². The molecular weight excluding hydrogens is 394 g/mol. The molecule has 6 rings (SSSR count). The monoisotopic (exact) mass is 415 g/mol. The molecule has 0 bridgehead atoms. The second-order valence-corrected chi connectivity index (χ2v) is 8.05. The summed E-state index contributed by atoms with van der Waals surface area (Å²) >= 11 is 0. The number of anilines is 2. The normalized spacial score (nSPS) is 17.9. The van der Waals surface area contributed by atoms with Gasteiger partial charge in [0.05, 0.1) is 5.69 Å². The quantitative estimate of drug-likeness (QED) is 0.636. The SMILES string of the molecule is O=C(Nc1cccc(-c2nncn2C2CC2)n1)c1cc(N2CNC(C3CC3)=N2)ccn1. The van der Waals surface area contributed by atoms with Crippen LogP contribution in [0.15, 0.2) is 48.0 Å². The Morgan fingerprint density at radius 2 is 2.06 bits per heavy atom. The van der Waals surface area contributed by atoms with Crippen molar-refractivity contribution in [2.45, 2.75) is 31.7 Å². The van der Waals surface area contributed by atoms with Crippen molar-refractivity contribution in [1.29, 1.82) is 0 Å². The molecule has 0 unspecified atom stereocenters. The van der Waals surface area contributed by atoms with Crippen LogP contribution in [-0.2, 0) is 0 Å². The van der Waals surface area contributed by atoms with Crippen LogP contribution in [0.25, 0.3) is 11.5 Å². The molecule has 31 heavy (non-hydrogen) atoms. The van der Waals surface area contributed by atoms with E-state index < -0.39 is 0 Å². The topological polar surface area (TPSA) is 113 Å². The highest BCUT2D eigenvalue weighted by atomic mass is 16.1. The van der Waals surface area contributed by atoms with Crippen LogP contribution in [0.5, 0.6) is 0 Å². The largest absolute Gasteiger partial charge is 0.353 e. The summed E-state index contributed by atoms with van der Waals surface area (Å²) in [5.41, 5.74) is 1.80. The van der Waals surface area contributed by atoms with Crippen molar-refractivity contribution in [1.82, 2.24) is 30.0 Å². The van der Waals surface area contributed by atoms with Crippen LogP contribution >= 0.6 is 0 Å². The van der Waals surface area contributed by atoms with Gasteiger partial charge < -0.3 is 15.2 Å². The lowest BCUT2D eigenvalue weighted by Crippen LogP contribution is -2.25. The average molecular weight is 415 g/mol. The lowest BCUT2D eigenvalue weighted by atomic mass is 10.3. The van der Waals surface area contributed by atoms with Gasteiger partial charge in [-0.05, 0) is 49.9 Å². The minimum absolute atomic E-state index is 0.306. The van der Waals surface area contributed by atoms with Gasteiger partial charge in [0.1, 0.15) is 36.0 Å². The third-order valence-corrected chi connectivity index (χ3v) is 5.61. The lowest BCUT2D eigenvalue weighted by Gasteiger charge is -2.13. The van der Waals surface area contributed by atoms with Crippen molar-refractivity contribution in [3.05, 3.63) is 48.5 Å². The molecule has 2 N–H and O–H groups in total. The van der Waals surface area contributed by atoms with Gasteiger partial charge in [-0.15, -0.1) is 10.2 Å². The molecule has 0 radical (unpaired) electrons. The van der Waals surface area contributed by atoms with Crippen LogP contribution in [0.3, 0.4) is 0 Å². The Morgan fingerprint density at radius 3 is 2.90 bits per heavy atom. The standard InChI is InChI=1S/C21H21N9O/c31-21(17-10-15(8-9-22-17)30-11-23-19(28-30)13-4-5-13)26-18-3-1-2-16(25-18)20-27-24-12-29(20)14-6-7-14/h1-3,8-10,12-14H,4-7,11H2,(H,23,28)(H,25,26,31). The number of nitrogens with one attached hydrogen (secondary N) is 2. The Balaban J connectivity index is 1.20. The molecule has 3 aromatic rings. The molecule has 0 aromatic carbocycles. The first-order valence-corrected chi connectivity index (χ1v) is 10.5. The molecule has 0 atom stereocenters. The highest BCUT2D eigenvalue weighted by Gasteiger charge is 2.31. The van der Waals surface area contributed by atoms with Gasteiger partial charge in [-0.3, -0.25) is 9.78 Å². The van der Waals surface area contributed by atoms with Crippen LogP contribution in [0.4, 0.5) is 11.5 Å². The molecule has 0 saturated heterocycles. The van der Waals surface area contributed by atoms with E-state index in [1.807, 2.05) is 27.8 Å². The molecule has 0 spiro atoms. The highest BCUT2D eigenvalue weighted by molar-refractivity contribution is 6.03. The van der Waals surface area contributed by atoms with Crippen molar-refractivity contribution in [3.63, 3.8) is 0 Å². The van der Waals surface area contributed by atoms with Crippen LogP contribution < -0.4 is 15.6 Å². The number of amides is 1. The number of amidine groups is 1. The summed E-state index contributed by atoms with van der Waals surface area (Å²) in [6.45, 7) is 0.599. The number of carbonyl (C=O) groups is 1. The summed E-state index contributed by atoms with van der Waals surface area (Å²) in [6.07, 6.45) is 7.99. The van der Waals surface area contributed by atoms with E-state index in [0.29, 0.717) is 41.7 Å². The molecule has 1 amide bonds. The summed E-state index contributed by atoms with van der Waals surface area (Å²) in [5.74, 6) is 2.41. The minimum Gasteiger partial charge on any atom is -0.353 e. The molecule has 2 aliphatic carbocycles. The second-order valence-electron chi connectivity index (χ2n) is 8.05. The Kier molecular flexibility index (Phi) is 4.15. The van der Waals surface area contributed by atoms with Gasteiger partial charge in [0.2, 0.25) is 0 Å². The van der Waals surface area contributed by atoms with Crippen molar-refractivity contribution >= 4 is 23.2 Å². The van der Waals surface area contributed by atoms with Gasteiger partial charge >= 0.3 is 0 Å². The van der Waals surface area contributed by atoms with Gasteiger partial charge in [0.25, 0.3) is 5.91 Å². The molecule has 10 heteroatoms. The highest BCUT2D eigenvalue weighted by Crippen LogP contribution is 2.37. The van der Waals surface area contributed by atoms with Crippen molar-refractivity contribution < 1.29 is 4.79 Å². The minimum atomic E-state index is -0.325. The number of hydrogen-bond acceptors (Lipinski definition) is 8. The molecule has 4 heterocycles. The van der Waals surface area contributed by atoms with E-state index in [9.17, 15) is 4.79 Å². The van der Waals surface area contributed by atoms with Gasteiger partial charge in [-0.2, -0.15) is 5.10 Å². The Labute approximate surface area is 178 Å². The molecule has 10 nitrogen and oxygen atoms in total. The molecule has 3 aromatic heterocycles. The second kappa shape index (κ2) is 7.15. The number of hydrazone groups is 1. The first-order valence-electron chi connectivity index (χ1n) is 10.5. The predicted octanol–water partition coefficient (Wildman–Crippen LogP) is 2.41. The van der Waals surface area contributed by atoms with Crippen LogP contribution in [0.1, 0.15) is 42.2 Å². The zero-order valence-electron chi connectivity index (χ0n) is 16.8. The van der Waals surface area contributed by atoms with Crippen LogP contribution in [0, 0.1) is 5.92 Å². The van der Waals surface area contributed by atoms with Crippen LogP contribution in [-0.4, -0.2) is 43.1 Å². The van der Waals surface area contributed by atoms with E-state index >= 15 is 0 Å². The Bertz CT molecular complexity index is 1180. The summed E-state index contributed by atoms with van der Waals surface area (Å²) in [7, 11) is 0. The molecule has 2 fully saturated rings. The number of rotatable bonds is 6. The van der Waals surface area contributed by atoms with E-state index in [0.717, 1.165) is 24.4 Å². The third kappa shape index (κ3) is 3.60. The first kappa shape index (κ1) is 18.0. The number of pyridine rings is 2. The van der Waals surface area contributed by atoms with Gasteiger partial charge in [0.15, 0.2) is 5.82 Å². The Hall–Kier alpha value is -3.82. The number of nitrogens with zero attached hydrogens (tertiary/aromatic N) is 7. The molecular formula is C21H21N9O. The molecule has 156 valence electrons. The summed E-state index contributed by atoms with van der Waals surface area (Å²) < 4.78 is 2.04. The zero-order valence-corrected chi connectivity index (χ0v) is 16.8. The van der Waals surface area contributed by atoms with Crippen molar-refractivity contribution in [3.8, 4) is 11.5 Å². The zero-order chi connectivity index (χ0) is 20.8. The molecule has 2 saturated carbocycles. The van der Waals surface area contributed by atoms with Crippen molar-refractivity contribution in [2.24, 2.45) is 11.0 Å². The summed E-state index contributed by atoms with van der Waals surface area (Å²) in [5, 5.41) is 20.9. The van der Waals surface area contributed by atoms with Gasteiger partial charge in [0, 0.05) is 18.2 Å². The average Bonchev–Trinajstić information content (AvgIpc) is 3.73. The van der Waals surface area contributed by atoms with E-state index in [1.54, 1.807) is 24.7 Å². The molecule has 3 aliphatic rings. The number of hydrogen-bond donors (Lipinski definition) is 2. The van der Waals surface area contributed by atoms with E-state index in [2.05, 4.69) is 35.9 Å². The van der Waals surface area contributed by atoms with Crippen molar-refractivity contribution in [2.75, 3.05) is 17.0 Å². The number of carbonyl (C=O) groups excluding carboxylic acids is 1. The maximum Gasteiger partial charge on any atom is 0.275 e. The van der Waals surface area contributed by atoms with Gasteiger partial charge in [-0.25, -0.2) is 9.99 Å². The van der Waals surface area contributed by atoms with Gasteiger partial charge in [-0.1, -0.05) is 6.07 Å². The lowest BCUT2D eigenvalue weighted by molar-refractivity contribution is 0.102. The maximum atomic E-state index is 12.8. The van der Waals surface area contributed by atoms with E-state index in [4.69, 9.17) is 0 Å². The van der Waals surface area contributed by atoms with Crippen LogP contribution in [0.2, 0.25) is 0 Å². The fourth-order valence-corrected chi connectivity index (χ4v) is 3.65. The number of aromatic nitrogens is 5. The fourth-order valence-electron chi connectivity index (χ4n) is 3.65. The third-order valence-electron chi connectivity index (χ3n) is 5.61.